The Hall–Kier alpha value is -2.08. The van der Waals surface area contributed by atoms with Crippen LogP contribution in [0.4, 0.5) is 4.79 Å². The minimum Gasteiger partial charge on any atom is -0.457 e. The summed E-state index contributed by atoms with van der Waals surface area (Å²) < 4.78 is 10.7. The van der Waals surface area contributed by atoms with Crippen LogP contribution in [0.1, 0.15) is 37.6 Å². The van der Waals surface area contributed by atoms with Crippen molar-refractivity contribution in [2.75, 3.05) is 13.1 Å². The second-order valence-corrected chi connectivity index (χ2v) is 6.63. The van der Waals surface area contributed by atoms with E-state index in [-0.39, 0.29) is 18.1 Å². The summed E-state index contributed by atoms with van der Waals surface area (Å²) in [6.45, 7) is 6.64. The largest absolute Gasteiger partial charge is 0.457 e. The number of hydrogen-bond acceptors (Lipinski definition) is 5. The van der Waals surface area contributed by atoms with Gasteiger partial charge in [0.25, 0.3) is 0 Å². The van der Waals surface area contributed by atoms with Crippen LogP contribution in [0.3, 0.4) is 0 Å². The number of hydrogen-bond donors (Lipinski definition) is 2. The molecular formula is C17H24N2O4. The van der Waals surface area contributed by atoms with E-state index < -0.39 is 11.7 Å². The minimum atomic E-state index is -0.536. The molecule has 6 heteroatoms. The molecule has 0 aromatic heterocycles. The Labute approximate surface area is 136 Å². The molecule has 1 fully saturated rings. The summed E-state index contributed by atoms with van der Waals surface area (Å²) in [5.41, 5.74) is -0.0135. The maximum atomic E-state index is 12.1. The number of carbonyl (C=O) groups excluding carboxylic acids is 2. The number of benzene rings is 1. The Morgan fingerprint density at radius 1 is 1.17 bits per heavy atom. The molecule has 1 aliphatic rings. The number of carbonyl (C=O) groups is 2. The average Bonchev–Trinajstić information content (AvgIpc) is 2.46. The average molecular weight is 320 g/mol. The van der Waals surface area contributed by atoms with Gasteiger partial charge in [-0.25, -0.2) is 9.59 Å². The van der Waals surface area contributed by atoms with Crippen LogP contribution in [0.25, 0.3) is 0 Å². The number of ether oxygens (including phenoxy) is 2. The first-order valence-corrected chi connectivity index (χ1v) is 7.80. The standard InChI is InChI=1S/C17H24N2O4/c1-17(2,3)23-16(21)19-13-9-14(11-18-10-13)22-15(20)12-7-5-4-6-8-12/h4-8,13-14,18H,9-11H2,1-3H3,(H,19,21)/t13-,14-/m0/s1. The van der Waals surface area contributed by atoms with Crippen LogP contribution in [-0.2, 0) is 9.47 Å². The molecule has 1 heterocycles. The van der Waals surface area contributed by atoms with Crippen molar-refractivity contribution < 1.29 is 19.1 Å². The van der Waals surface area contributed by atoms with Crippen molar-refractivity contribution in [3.63, 3.8) is 0 Å². The van der Waals surface area contributed by atoms with Crippen molar-refractivity contribution in [2.45, 2.75) is 44.9 Å². The second-order valence-electron chi connectivity index (χ2n) is 6.63. The number of nitrogens with one attached hydrogen (secondary N) is 2. The van der Waals surface area contributed by atoms with Gasteiger partial charge in [-0.05, 0) is 32.9 Å². The lowest BCUT2D eigenvalue weighted by Crippen LogP contribution is -2.52. The number of esters is 1. The number of amides is 1. The molecule has 126 valence electrons. The lowest BCUT2D eigenvalue weighted by atomic mass is 10.1. The van der Waals surface area contributed by atoms with E-state index in [1.807, 2.05) is 26.8 Å². The van der Waals surface area contributed by atoms with Gasteiger partial charge in [-0.1, -0.05) is 18.2 Å². The molecule has 1 aliphatic heterocycles. The number of rotatable bonds is 3. The lowest BCUT2D eigenvalue weighted by molar-refractivity contribution is 0.0192. The van der Waals surface area contributed by atoms with Gasteiger partial charge < -0.3 is 20.1 Å². The molecule has 0 aliphatic carbocycles. The molecule has 2 N–H and O–H groups in total. The van der Waals surface area contributed by atoms with Gasteiger partial charge in [0.05, 0.1) is 5.56 Å². The zero-order valence-electron chi connectivity index (χ0n) is 13.8. The van der Waals surface area contributed by atoms with Crippen LogP contribution in [0, 0.1) is 0 Å². The van der Waals surface area contributed by atoms with Crippen LogP contribution in [-0.4, -0.2) is 42.9 Å². The lowest BCUT2D eigenvalue weighted by Gasteiger charge is -2.31. The molecule has 0 radical (unpaired) electrons. The van der Waals surface area contributed by atoms with E-state index >= 15 is 0 Å². The molecule has 23 heavy (non-hydrogen) atoms. The smallest absolute Gasteiger partial charge is 0.407 e. The molecule has 1 aromatic carbocycles. The number of alkyl carbamates (subject to hydrolysis) is 1. The fourth-order valence-corrected chi connectivity index (χ4v) is 2.37. The van der Waals surface area contributed by atoms with Crippen molar-refractivity contribution in [1.82, 2.24) is 10.6 Å². The molecule has 1 amide bonds. The maximum Gasteiger partial charge on any atom is 0.407 e. The van der Waals surface area contributed by atoms with Gasteiger partial charge in [-0.2, -0.15) is 0 Å². The molecule has 2 rings (SSSR count). The molecule has 2 atom stereocenters. The van der Waals surface area contributed by atoms with Gasteiger partial charge in [0.2, 0.25) is 0 Å². The van der Waals surface area contributed by atoms with Crippen LogP contribution in [0.15, 0.2) is 30.3 Å². The van der Waals surface area contributed by atoms with Crippen molar-refractivity contribution in [2.24, 2.45) is 0 Å². The first kappa shape index (κ1) is 17.3. The second kappa shape index (κ2) is 7.46. The van der Waals surface area contributed by atoms with Crippen LogP contribution in [0.2, 0.25) is 0 Å². The van der Waals surface area contributed by atoms with Gasteiger partial charge in [-0.15, -0.1) is 0 Å². The van der Waals surface area contributed by atoms with Crippen molar-refractivity contribution in [3.8, 4) is 0 Å². The molecule has 1 aromatic rings. The summed E-state index contributed by atoms with van der Waals surface area (Å²) in [6.07, 6.45) is -0.180. The Balaban J connectivity index is 1.84. The SMILES string of the molecule is CC(C)(C)OC(=O)N[C@@H]1CNC[C@@H](OC(=O)c2ccccc2)C1. The van der Waals surface area contributed by atoms with Gasteiger partial charge in [0.1, 0.15) is 11.7 Å². The minimum absolute atomic E-state index is 0.132. The van der Waals surface area contributed by atoms with E-state index in [9.17, 15) is 9.59 Å². The van der Waals surface area contributed by atoms with Gasteiger partial charge in [-0.3, -0.25) is 0 Å². The third kappa shape index (κ3) is 5.90. The van der Waals surface area contributed by atoms with E-state index in [2.05, 4.69) is 10.6 Å². The van der Waals surface area contributed by atoms with Crippen molar-refractivity contribution in [1.29, 1.82) is 0 Å². The first-order chi connectivity index (χ1) is 10.8. The Morgan fingerprint density at radius 3 is 2.52 bits per heavy atom. The third-order valence-corrected chi connectivity index (χ3v) is 3.31. The van der Waals surface area contributed by atoms with E-state index in [4.69, 9.17) is 9.47 Å². The monoisotopic (exact) mass is 320 g/mol. The highest BCUT2D eigenvalue weighted by Gasteiger charge is 2.27. The molecule has 0 saturated carbocycles. The zero-order chi connectivity index (χ0) is 16.9. The summed E-state index contributed by atoms with van der Waals surface area (Å²) in [5.74, 6) is -0.352. The molecule has 0 spiro atoms. The topological polar surface area (TPSA) is 76.7 Å². The van der Waals surface area contributed by atoms with E-state index in [1.54, 1.807) is 24.3 Å². The third-order valence-electron chi connectivity index (χ3n) is 3.31. The highest BCUT2D eigenvalue weighted by Crippen LogP contribution is 2.12. The quantitative estimate of drug-likeness (QED) is 0.834. The Bertz CT molecular complexity index is 539. The van der Waals surface area contributed by atoms with Crippen LogP contribution >= 0.6 is 0 Å². The normalized spacial score (nSPS) is 21.3. The van der Waals surface area contributed by atoms with Crippen molar-refractivity contribution in [3.05, 3.63) is 35.9 Å². The molecule has 0 bridgehead atoms. The highest BCUT2D eigenvalue weighted by molar-refractivity contribution is 5.89. The van der Waals surface area contributed by atoms with Gasteiger partial charge >= 0.3 is 12.1 Å². The van der Waals surface area contributed by atoms with E-state index in [0.717, 1.165) is 0 Å². The predicted molar refractivity (Wildman–Crippen MR) is 86.3 cm³/mol. The van der Waals surface area contributed by atoms with Gasteiger partial charge in [0.15, 0.2) is 0 Å². The van der Waals surface area contributed by atoms with Gasteiger partial charge in [0, 0.05) is 25.6 Å². The summed E-state index contributed by atoms with van der Waals surface area (Å²) in [7, 11) is 0. The Kier molecular flexibility index (Phi) is 5.60. The van der Waals surface area contributed by atoms with Crippen LogP contribution < -0.4 is 10.6 Å². The summed E-state index contributed by atoms with van der Waals surface area (Å²) in [6, 6.07) is 8.74. The summed E-state index contributed by atoms with van der Waals surface area (Å²) in [5, 5.41) is 5.97. The van der Waals surface area contributed by atoms with Crippen LogP contribution in [0.5, 0.6) is 0 Å². The highest BCUT2D eigenvalue weighted by atomic mass is 16.6. The fraction of sp³-hybridized carbons (Fsp3) is 0.529. The summed E-state index contributed by atoms with van der Waals surface area (Å²) >= 11 is 0. The zero-order valence-corrected chi connectivity index (χ0v) is 13.8. The first-order valence-electron chi connectivity index (χ1n) is 7.80. The van der Waals surface area contributed by atoms with E-state index in [1.165, 1.54) is 0 Å². The Morgan fingerprint density at radius 2 is 1.87 bits per heavy atom. The maximum absolute atomic E-state index is 12.1. The summed E-state index contributed by atoms with van der Waals surface area (Å²) in [4.78, 5) is 23.9. The van der Waals surface area contributed by atoms with E-state index in [0.29, 0.717) is 25.1 Å². The predicted octanol–water partition coefficient (Wildman–Crippen LogP) is 2.10. The van der Waals surface area contributed by atoms with Crippen molar-refractivity contribution >= 4 is 12.1 Å². The number of piperidine rings is 1. The molecule has 1 saturated heterocycles. The molecule has 0 unspecified atom stereocenters. The fourth-order valence-electron chi connectivity index (χ4n) is 2.37. The molecular weight excluding hydrogens is 296 g/mol. The molecule has 6 nitrogen and oxygen atoms in total.